The lowest BCUT2D eigenvalue weighted by atomic mass is 9.91. The van der Waals surface area contributed by atoms with E-state index in [-0.39, 0.29) is 22.2 Å². The number of carboxylic acid groups (broad SMARTS) is 1. The van der Waals surface area contributed by atoms with Crippen LogP contribution in [0, 0.1) is 12.8 Å². The number of hydrogen-bond donors (Lipinski definition) is 3. The first-order chi connectivity index (χ1) is 21.2. The van der Waals surface area contributed by atoms with E-state index in [0.717, 1.165) is 28.9 Å². The molecule has 5 rings (SSSR count). The number of urea groups is 1. The van der Waals surface area contributed by atoms with Crippen LogP contribution in [0.5, 0.6) is 0 Å². The molecule has 1 saturated heterocycles. The summed E-state index contributed by atoms with van der Waals surface area (Å²) in [4.78, 5) is 24.3. The molecule has 4 aromatic rings. The molecule has 1 aliphatic heterocycles. The zero-order valence-electron chi connectivity index (χ0n) is 26.2. The Morgan fingerprint density at radius 2 is 1.60 bits per heavy atom. The van der Waals surface area contributed by atoms with Crippen molar-refractivity contribution in [1.82, 2.24) is 18.7 Å². The minimum atomic E-state index is -3.79. The van der Waals surface area contributed by atoms with E-state index in [1.54, 1.807) is 4.68 Å². The Morgan fingerprint density at radius 1 is 0.956 bits per heavy atom. The highest BCUT2D eigenvalue weighted by Crippen LogP contribution is 2.29. The molecule has 0 radical (unpaired) electrons. The summed E-state index contributed by atoms with van der Waals surface area (Å²) >= 11 is 0. The molecule has 11 nitrogen and oxygen atoms in total. The quantitative estimate of drug-likeness (QED) is 0.224. The van der Waals surface area contributed by atoms with Gasteiger partial charge < -0.3 is 15.0 Å². The van der Waals surface area contributed by atoms with Crippen LogP contribution in [-0.2, 0) is 28.9 Å². The Hall–Kier alpha value is -4.42. The van der Waals surface area contributed by atoms with Crippen molar-refractivity contribution in [2.24, 2.45) is 13.0 Å². The number of sulfonamides is 1. The highest BCUT2D eigenvalue weighted by atomic mass is 32.2. The van der Waals surface area contributed by atoms with Crippen molar-refractivity contribution in [3.05, 3.63) is 89.2 Å². The fourth-order valence-electron chi connectivity index (χ4n) is 5.51. The van der Waals surface area contributed by atoms with E-state index in [1.165, 1.54) is 28.1 Å². The number of piperidine rings is 1. The van der Waals surface area contributed by atoms with Gasteiger partial charge in [-0.25, -0.2) is 22.7 Å². The fourth-order valence-corrected chi connectivity index (χ4v) is 7.15. The minimum Gasteiger partial charge on any atom is -0.477 e. The Labute approximate surface area is 263 Å². The van der Waals surface area contributed by atoms with Gasteiger partial charge in [-0.3, -0.25) is 5.32 Å². The fraction of sp³-hybridized carbons (Fsp3) is 0.364. The number of aryl methyl sites for hydroxylation is 1. The summed E-state index contributed by atoms with van der Waals surface area (Å²) in [6.45, 7) is 9.00. The standard InChI is InChI=1S/C33H40N6O5S/c1-22-6-12-26(13-7-22)39-29(21-28(36-39)33(2,3)4)35-32(42)34-25-10-8-23(9-11-25)20-24-16-18-38(19-17-24)45(43,44)30-15-14-27(31(40)41)37(30)5/h6-15,21,24H,16-20H2,1-5H3,(H,40,41)(H2,34,35,42). The summed E-state index contributed by atoms with van der Waals surface area (Å²) in [6.07, 6.45) is 2.19. The number of aromatic nitrogens is 3. The second kappa shape index (κ2) is 12.5. The van der Waals surface area contributed by atoms with E-state index < -0.39 is 16.0 Å². The number of nitrogens with zero attached hydrogens (tertiary/aromatic N) is 4. The Kier molecular flexibility index (Phi) is 8.90. The van der Waals surface area contributed by atoms with Crippen molar-refractivity contribution >= 4 is 33.5 Å². The summed E-state index contributed by atoms with van der Waals surface area (Å²) in [5.41, 5.74) is 4.34. The molecule has 0 bridgehead atoms. The molecule has 0 unspecified atom stereocenters. The number of aromatic carboxylic acids is 1. The first kappa shape index (κ1) is 32.0. The Bertz CT molecular complexity index is 1790. The Morgan fingerprint density at radius 3 is 2.18 bits per heavy atom. The van der Waals surface area contributed by atoms with Crippen LogP contribution in [0.1, 0.15) is 60.9 Å². The second-order valence-corrected chi connectivity index (χ2v) is 14.5. The highest BCUT2D eigenvalue weighted by molar-refractivity contribution is 7.89. The maximum absolute atomic E-state index is 13.2. The van der Waals surface area contributed by atoms with Gasteiger partial charge in [0.2, 0.25) is 0 Å². The third-order valence-corrected chi connectivity index (χ3v) is 10.2. The molecular formula is C33H40N6O5S. The van der Waals surface area contributed by atoms with Gasteiger partial charge in [-0.05, 0) is 74.1 Å². The van der Waals surface area contributed by atoms with Gasteiger partial charge in [0, 0.05) is 37.3 Å². The van der Waals surface area contributed by atoms with Crippen molar-refractivity contribution in [2.45, 2.75) is 57.4 Å². The minimum absolute atomic E-state index is 0.0141. The van der Waals surface area contributed by atoms with Crippen molar-refractivity contribution < 1.29 is 23.1 Å². The summed E-state index contributed by atoms with van der Waals surface area (Å²) in [6, 6.07) is 19.8. The molecule has 45 heavy (non-hydrogen) atoms. The molecule has 3 N–H and O–H groups in total. The summed E-state index contributed by atoms with van der Waals surface area (Å²) < 4.78 is 30.7. The van der Waals surface area contributed by atoms with Crippen LogP contribution in [0.2, 0.25) is 0 Å². The van der Waals surface area contributed by atoms with Crippen LogP contribution in [0.3, 0.4) is 0 Å². The van der Waals surface area contributed by atoms with Gasteiger partial charge in [-0.2, -0.15) is 9.40 Å². The van der Waals surface area contributed by atoms with Crippen molar-refractivity contribution in [3.8, 4) is 5.69 Å². The lowest BCUT2D eigenvalue weighted by Gasteiger charge is -2.31. The van der Waals surface area contributed by atoms with E-state index in [0.29, 0.717) is 43.4 Å². The molecule has 1 fully saturated rings. The normalized spacial score (nSPS) is 14.8. The predicted molar refractivity (Wildman–Crippen MR) is 174 cm³/mol. The van der Waals surface area contributed by atoms with Gasteiger partial charge in [-0.15, -0.1) is 0 Å². The average molecular weight is 633 g/mol. The number of anilines is 2. The Balaban J connectivity index is 1.17. The first-order valence-electron chi connectivity index (χ1n) is 15.0. The molecule has 2 aromatic heterocycles. The summed E-state index contributed by atoms with van der Waals surface area (Å²) in [7, 11) is -2.33. The number of carbonyl (C=O) groups excluding carboxylic acids is 1. The molecule has 0 saturated carbocycles. The number of carboxylic acids is 1. The SMILES string of the molecule is Cc1ccc(-n2nc(C(C)(C)C)cc2NC(=O)Nc2ccc(CC3CCN(S(=O)(=O)c4ccc(C(=O)O)n4C)CC3)cc2)cc1. The van der Waals surface area contributed by atoms with Gasteiger partial charge in [0.1, 0.15) is 11.5 Å². The van der Waals surface area contributed by atoms with Crippen molar-refractivity contribution in [2.75, 3.05) is 23.7 Å². The summed E-state index contributed by atoms with van der Waals surface area (Å²) in [5.74, 6) is -0.291. The largest absolute Gasteiger partial charge is 0.477 e. The zero-order valence-corrected chi connectivity index (χ0v) is 27.1. The van der Waals surface area contributed by atoms with Gasteiger partial charge in [0.15, 0.2) is 5.03 Å². The van der Waals surface area contributed by atoms with Crippen LogP contribution < -0.4 is 10.6 Å². The number of rotatable bonds is 8. The van der Waals surface area contributed by atoms with Crippen LogP contribution in [0.25, 0.3) is 5.69 Å². The number of nitrogens with one attached hydrogen (secondary N) is 2. The number of amides is 2. The van der Waals surface area contributed by atoms with Crippen LogP contribution in [0.4, 0.5) is 16.3 Å². The van der Waals surface area contributed by atoms with Gasteiger partial charge >= 0.3 is 12.0 Å². The molecule has 3 heterocycles. The first-order valence-corrected chi connectivity index (χ1v) is 16.4. The van der Waals surface area contributed by atoms with E-state index in [9.17, 15) is 23.1 Å². The molecule has 0 spiro atoms. The maximum Gasteiger partial charge on any atom is 0.352 e. The summed E-state index contributed by atoms with van der Waals surface area (Å²) in [5, 5.41) is 19.9. The third-order valence-electron chi connectivity index (χ3n) is 8.21. The third kappa shape index (κ3) is 7.12. The molecule has 2 amide bonds. The van der Waals surface area contributed by atoms with Gasteiger partial charge in [0.05, 0.1) is 11.4 Å². The molecule has 0 atom stereocenters. The van der Waals surface area contributed by atoms with Gasteiger partial charge in [-0.1, -0.05) is 50.6 Å². The van der Waals surface area contributed by atoms with Crippen molar-refractivity contribution in [1.29, 1.82) is 0 Å². The smallest absolute Gasteiger partial charge is 0.352 e. The van der Waals surface area contributed by atoms with Crippen molar-refractivity contribution in [3.63, 3.8) is 0 Å². The molecular weight excluding hydrogens is 592 g/mol. The van der Waals surface area contributed by atoms with E-state index in [4.69, 9.17) is 5.10 Å². The molecule has 12 heteroatoms. The number of hydrogen-bond acceptors (Lipinski definition) is 5. The van der Waals surface area contributed by atoms with Crippen LogP contribution in [0.15, 0.2) is 71.8 Å². The number of benzene rings is 2. The molecule has 0 aliphatic carbocycles. The predicted octanol–water partition coefficient (Wildman–Crippen LogP) is 5.80. The second-order valence-electron chi connectivity index (χ2n) is 12.7. The highest BCUT2D eigenvalue weighted by Gasteiger charge is 2.32. The molecule has 2 aromatic carbocycles. The van der Waals surface area contributed by atoms with E-state index in [2.05, 4.69) is 31.4 Å². The lowest BCUT2D eigenvalue weighted by molar-refractivity contribution is 0.0685. The zero-order chi connectivity index (χ0) is 32.5. The maximum atomic E-state index is 13.2. The van der Waals surface area contributed by atoms with Gasteiger partial charge in [0.25, 0.3) is 10.0 Å². The number of carbonyl (C=O) groups is 2. The topological polar surface area (TPSA) is 139 Å². The average Bonchev–Trinajstić information content (AvgIpc) is 3.59. The monoisotopic (exact) mass is 632 g/mol. The van der Waals surface area contributed by atoms with E-state index >= 15 is 0 Å². The molecule has 238 valence electrons. The van der Waals surface area contributed by atoms with Crippen LogP contribution in [-0.4, -0.2) is 57.3 Å². The lowest BCUT2D eigenvalue weighted by Crippen LogP contribution is -2.39. The molecule has 1 aliphatic rings. The van der Waals surface area contributed by atoms with E-state index in [1.807, 2.05) is 61.5 Å². The van der Waals surface area contributed by atoms with Crippen LogP contribution >= 0.6 is 0 Å².